The van der Waals surface area contributed by atoms with Crippen LogP contribution < -0.4 is 0 Å². The minimum absolute atomic E-state index is 1.18. The maximum atomic E-state index is 2.45. The Balaban J connectivity index is 1.43. The highest BCUT2D eigenvalue weighted by molar-refractivity contribution is 6.24. The topological polar surface area (TPSA) is 4.93 Å². The fraction of sp³-hybridized carbons (Fsp3) is 0. The molecule has 0 aliphatic rings. The Kier molecular flexibility index (Phi) is 4.11. The van der Waals surface area contributed by atoms with E-state index in [2.05, 4.69) is 144 Å². The highest BCUT2D eigenvalue weighted by Gasteiger charge is 2.18. The predicted octanol–water partition coefficient (Wildman–Crippen LogP) is 10.5. The molecule has 0 aliphatic heterocycles. The zero-order chi connectivity index (χ0) is 25.5. The van der Waals surface area contributed by atoms with Crippen LogP contribution in [0, 0.1) is 0 Å². The van der Waals surface area contributed by atoms with E-state index in [4.69, 9.17) is 0 Å². The van der Waals surface area contributed by atoms with Crippen molar-refractivity contribution < 1.29 is 0 Å². The molecular formula is C38H23N. The van der Waals surface area contributed by atoms with Gasteiger partial charge < -0.3 is 4.57 Å². The summed E-state index contributed by atoms with van der Waals surface area (Å²) in [5.74, 6) is 0. The number of fused-ring (bicyclic) bond motifs is 4. The predicted molar refractivity (Wildman–Crippen MR) is 167 cm³/mol. The van der Waals surface area contributed by atoms with Gasteiger partial charge in [-0.3, -0.25) is 0 Å². The van der Waals surface area contributed by atoms with Gasteiger partial charge in [0.25, 0.3) is 0 Å². The molecule has 0 aliphatic carbocycles. The molecule has 0 spiro atoms. The largest absolute Gasteiger partial charge is 0.309 e. The summed E-state index contributed by atoms with van der Waals surface area (Å²) >= 11 is 0. The van der Waals surface area contributed by atoms with Gasteiger partial charge in [-0.25, -0.2) is 0 Å². The van der Waals surface area contributed by atoms with Crippen molar-refractivity contribution in [3.05, 3.63) is 140 Å². The van der Waals surface area contributed by atoms with Gasteiger partial charge in [-0.1, -0.05) is 103 Å². The first kappa shape index (κ1) is 20.9. The minimum Gasteiger partial charge on any atom is -0.309 e. The highest BCUT2D eigenvalue weighted by atomic mass is 15.0. The van der Waals surface area contributed by atoms with Crippen LogP contribution in [0.1, 0.15) is 0 Å². The van der Waals surface area contributed by atoms with Crippen molar-refractivity contribution in [2.24, 2.45) is 0 Å². The standard InChI is InChI=1S/C38H23N/c1-2-12-31(13-3-1)39-35-23-27-9-5-4-8-26(27)22-34(35)33-15-7-14-32(38(33)39)30-20-28-18-16-24-10-6-11-25-17-19-29(21-30)37(28)36(24)25/h1-23H. The van der Waals surface area contributed by atoms with Crippen molar-refractivity contribution in [2.45, 2.75) is 0 Å². The lowest BCUT2D eigenvalue weighted by molar-refractivity contribution is 1.18. The van der Waals surface area contributed by atoms with Crippen LogP contribution in [0.2, 0.25) is 0 Å². The Morgan fingerprint density at radius 1 is 0.385 bits per heavy atom. The molecule has 9 aromatic rings. The second-order valence-corrected chi connectivity index (χ2v) is 10.6. The first-order valence-corrected chi connectivity index (χ1v) is 13.5. The van der Waals surface area contributed by atoms with Gasteiger partial charge in [0.2, 0.25) is 0 Å². The Morgan fingerprint density at radius 3 is 1.72 bits per heavy atom. The normalized spacial score (nSPS) is 12.1. The van der Waals surface area contributed by atoms with Crippen LogP contribution >= 0.6 is 0 Å². The fourth-order valence-corrected chi connectivity index (χ4v) is 6.74. The Bertz CT molecular complexity index is 2310. The summed E-state index contributed by atoms with van der Waals surface area (Å²) in [5, 5.41) is 13.0. The van der Waals surface area contributed by atoms with Crippen LogP contribution in [0.3, 0.4) is 0 Å². The minimum atomic E-state index is 1.18. The van der Waals surface area contributed by atoms with Crippen molar-refractivity contribution in [1.82, 2.24) is 4.57 Å². The molecular weight excluding hydrogens is 470 g/mol. The number of para-hydroxylation sites is 2. The molecule has 39 heavy (non-hydrogen) atoms. The lowest BCUT2D eigenvalue weighted by atomic mass is 9.91. The molecule has 0 amide bonds. The van der Waals surface area contributed by atoms with E-state index in [0.717, 1.165) is 0 Å². The summed E-state index contributed by atoms with van der Waals surface area (Å²) in [6, 6.07) is 51.4. The first-order chi connectivity index (χ1) is 19.3. The second-order valence-electron chi connectivity index (χ2n) is 10.6. The van der Waals surface area contributed by atoms with Gasteiger partial charge in [0.1, 0.15) is 0 Å². The number of hydrogen-bond acceptors (Lipinski definition) is 0. The van der Waals surface area contributed by atoms with E-state index in [1.54, 1.807) is 0 Å². The number of benzene rings is 8. The van der Waals surface area contributed by atoms with E-state index >= 15 is 0 Å². The van der Waals surface area contributed by atoms with Gasteiger partial charge in [0, 0.05) is 22.0 Å². The van der Waals surface area contributed by atoms with Crippen LogP contribution in [0.15, 0.2) is 140 Å². The summed E-state index contributed by atoms with van der Waals surface area (Å²) in [6.07, 6.45) is 0. The van der Waals surface area contributed by atoms with Crippen LogP contribution in [-0.2, 0) is 0 Å². The highest BCUT2D eigenvalue weighted by Crippen LogP contribution is 2.42. The number of nitrogens with zero attached hydrogens (tertiary/aromatic N) is 1. The molecule has 0 saturated carbocycles. The third-order valence-corrected chi connectivity index (χ3v) is 8.44. The van der Waals surface area contributed by atoms with E-state index in [0.29, 0.717) is 0 Å². The molecule has 0 fully saturated rings. The van der Waals surface area contributed by atoms with Gasteiger partial charge in [-0.15, -0.1) is 0 Å². The average molecular weight is 494 g/mol. The molecule has 0 N–H and O–H groups in total. The van der Waals surface area contributed by atoms with Crippen LogP contribution in [0.25, 0.3) is 81.7 Å². The van der Waals surface area contributed by atoms with Gasteiger partial charge in [-0.2, -0.15) is 0 Å². The summed E-state index contributed by atoms with van der Waals surface area (Å²) < 4.78 is 2.45. The molecule has 0 atom stereocenters. The first-order valence-electron chi connectivity index (χ1n) is 13.5. The number of aromatic nitrogens is 1. The van der Waals surface area contributed by atoms with E-state index in [1.807, 2.05) is 0 Å². The Labute approximate surface area is 225 Å². The summed E-state index contributed by atoms with van der Waals surface area (Å²) in [6.45, 7) is 0. The number of hydrogen-bond donors (Lipinski definition) is 0. The zero-order valence-corrected chi connectivity index (χ0v) is 21.2. The van der Waals surface area contributed by atoms with Crippen molar-refractivity contribution in [3.8, 4) is 16.8 Å². The second kappa shape index (κ2) is 7.69. The maximum absolute atomic E-state index is 2.45. The molecule has 0 saturated heterocycles. The van der Waals surface area contributed by atoms with E-state index < -0.39 is 0 Å². The van der Waals surface area contributed by atoms with Gasteiger partial charge in [-0.05, 0) is 85.1 Å². The molecule has 0 bridgehead atoms. The van der Waals surface area contributed by atoms with Crippen molar-refractivity contribution in [3.63, 3.8) is 0 Å². The molecule has 0 unspecified atom stereocenters. The van der Waals surface area contributed by atoms with Crippen molar-refractivity contribution in [1.29, 1.82) is 0 Å². The fourth-order valence-electron chi connectivity index (χ4n) is 6.74. The molecule has 1 nitrogen and oxygen atoms in total. The molecule has 1 aromatic heterocycles. The smallest absolute Gasteiger partial charge is 0.0619 e. The molecule has 0 radical (unpaired) electrons. The average Bonchev–Trinajstić information content (AvgIpc) is 3.32. The summed E-state index contributed by atoms with van der Waals surface area (Å²) in [5.41, 5.74) is 6.16. The monoisotopic (exact) mass is 493 g/mol. The summed E-state index contributed by atoms with van der Waals surface area (Å²) in [7, 11) is 0. The SMILES string of the molecule is c1ccc(-n2c3cc4ccccc4cc3c3cccc(-c4cc5ccc6cccc7ccc(c4)c5c67)c32)cc1. The molecule has 8 aromatic carbocycles. The van der Waals surface area contributed by atoms with Gasteiger partial charge >= 0.3 is 0 Å². The van der Waals surface area contributed by atoms with E-state index in [-0.39, 0.29) is 0 Å². The molecule has 9 rings (SSSR count). The van der Waals surface area contributed by atoms with Crippen molar-refractivity contribution in [2.75, 3.05) is 0 Å². The van der Waals surface area contributed by atoms with Crippen LogP contribution in [0.5, 0.6) is 0 Å². The third-order valence-electron chi connectivity index (χ3n) is 8.44. The lowest BCUT2D eigenvalue weighted by Crippen LogP contribution is -1.95. The van der Waals surface area contributed by atoms with Crippen LogP contribution in [0.4, 0.5) is 0 Å². The maximum Gasteiger partial charge on any atom is 0.0619 e. The molecule has 1 heterocycles. The zero-order valence-electron chi connectivity index (χ0n) is 21.2. The Morgan fingerprint density at radius 2 is 0.974 bits per heavy atom. The molecule has 180 valence electrons. The van der Waals surface area contributed by atoms with Gasteiger partial charge in [0.05, 0.1) is 11.0 Å². The van der Waals surface area contributed by atoms with E-state index in [1.165, 1.54) is 81.7 Å². The summed E-state index contributed by atoms with van der Waals surface area (Å²) in [4.78, 5) is 0. The van der Waals surface area contributed by atoms with Crippen molar-refractivity contribution >= 4 is 64.9 Å². The Hall–Kier alpha value is -5.14. The lowest BCUT2D eigenvalue weighted by Gasteiger charge is -2.15. The van der Waals surface area contributed by atoms with Gasteiger partial charge in [0.15, 0.2) is 0 Å². The van der Waals surface area contributed by atoms with E-state index in [9.17, 15) is 0 Å². The third kappa shape index (κ3) is 2.90. The quantitative estimate of drug-likeness (QED) is 0.211. The van der Waals surface area contributed by atoms with Crippen LogP contribution in [-0.4, -0.2) is 4.57 Å². The molecule has 1 heteroatoms. The number of rotatable bonds is 2.